The summed E-state index contributed by atoms with van der Waals surface area (Å²) in [7, 11) is 0. The zero-order valence-corrected chi connectivity index (χ0v) is 12.0. The summed E-state index contributed by atoms with van der Waals surface area (Å²) in [6.07, 6.45) is 2.61. The fraction of sp³-hybridized carbons (Fsp3) is 0.692. The molecular formula is C13H25N5. The molecule has 0 bridgehead atoms. The first kappa shape index (κ1) is 14.7. The topological polar surface area (TPSA) is 75.9 Å². The van der Waals surface area contributed by atoms with Crippen molar-refractivity contribution < 1.29 is 0 Å². The van der Waals surface area contributed by atoms with Gasteiger partial charge in [0, 0.05) is 12.1 Å². The molecule has 0 saturated heterocycles. The van der Waals surface area contributed by atoms with Gasteiger partial charge in [-0.05, 0) is 17.8 Å². The first-order chi connectivity index (χ1) is 8.35. The molecule has 102 valence electrons. The molecule has 18 heavy (non-hydrogen) atoms. The summed E-state index contributed by atoms with van der Waals surface area (Å²) in [5.74, 6) is 7.37. The van der Waals surface area contributed by atoms with E-state index in [4.69, 9.17) is 5.84 Å². The van der Waals surface area contributed by atoms with Gasteiger partial charge in [0.15, 0.2) is 0 Å². The fourth-order valence-corrected chi connectivity index (χ4v) is 1.75. The number of anilines is 2. The molecule has 0 aliphatic heterocycles. The number of hydrogen-bond donors (Lipinski definition) is 3. The van der Waals surface area contributed by atoms with Crippen LogP contribution in [0.3, 0.4) is 0 Å². The Kier molecular flexibility index (Phi) is 4.90. The van der Waals surface area contributed by atoms with E-state index in [2.05, 4.69) is 55.3 Å². The lowest BCUT2D eigenvalue weighted by Gasteiger charge is -2.20. The van der Waals surface area contributed by atoms with Gasteiger partial charge in [0.25, 0.3) is 0 Å². The smallest absolute Gasteiger partial charge is 0.148 e. The highest BCUT2D eigenvalue weighted by Crippen LogP contribution is 2.28. The van der Waals surface area contributed by atoms with Crippen LogP contribution >= 0.6 is 0 Å². The summed E-state index contributed by atoms with van der Waals surface area (Å²) in [5, 5.41) is 3.38. The van der Waals surface area contributed by atoms with Crippen LogP contribution in [0.2, 0.25) is 0 Å². The maximum absolute atomic E-state index is 5.49. The molecule has 0 atom stereocenters. The van der Waals surface area contributed by atoms with Crippen LogP contribution in [-0.2, 0) is 0 Å². The van der Waals surface area contributed by atoms with E-state index >= 15 is 0 Å². The minimum atomic E-state index is 0.312. The van der Waals surface area contributed by atoms with E-state index < -0.39 is 0 Å². The van der Waals surface area contributed by atoms with Gasteiger partial charge in [-0.25, -0.2) is 15.8 Å². The third-order valence-electron chi connectivity index (χ3n) is 2.77. The van der Waals surface area contributed by atoms with Crippen LogP contribution in [0.4, 0.5) is 11.6 Å². The molecule has 1 rings (SSSR count). The molecule has 0 amide bonds. The third-order valence-corrected chi connectivity index (χ3v) is 2.77. The van der Waals surface area contributed by atoms with Gasteiger partial charge in [-0.2, -0.15) is 0 Å². The van der Waals surface area contributed by atoms with E-state index in [1.807, 2.05) is 0 Å². The SMILES string of the molecule is CC(C)c1c(NN)ncnc1NCCC(C)(C)C. The Bertz CT molecular complexity index is 381. The summed E-state index contributed by atoms with van der Waals surface area (Å²) in [6, 6.07) is 0. The maximum atomic E-state index is 5.49. The molecule has 1 aromatic rings. The number of nitrogens with one attached hydrogen (secondary N) is 2. The number of nitrogen functional groups attached to an aromatic ring is 1. The van der Waals surface area contributed by atoms with Crippen molar-refractivity contribution in [1.82, 2.24) is 9.97 Å². The molecule has 0 fully saturated rings. The Morgan fingerprint density at radius 2 is 1.83 bits per heavy atom. The maximum Gasteiger partial charge on any atom is 0.148 e. The van der Waals surface area contributed by atoms with Crippen LogP contribution < -0.4 is 16.6 Å². The van der Waals surface area contributed by atoms with Crippen LogP contribution in [0.1, 0.15) is 52.5 Å². The first-order valence-corrected chi connectivity index (χ1v) is 6.40. The summed E-state index contributed by atoms with van der Waals surface area (Å²) in [6.45, 7) is 11.8. The van der Waals surface area contributed by atoms with Crippen LogP contribution in [-0.4, -0.2) is 16.5 Å². The molecule has 0 aliphatic carbocycles. The number of hydrazine groups is 1. The lowest BCUT2D eigenvalue weighted by molar-refractivity contribution is 0.389. The van der Waals surface area contributed by atoms with E-state index in [1.54, 1.807) is 0 Å². The molecule has 5 heteroatoms. The van der Waals surface area contributed by atoms with Gasteiger partial charge in [0.1, 0.15) is 18.0 Å². The largest absolute Gasteiger partial charge is 0.370 e. The minimum Gasteiger partial charge on any atom is -0.370 e. The predicted molar refractivity (Wildman–Crippen MR) is 76.5 cm³/mol. The van der Waals surface area contributed by atoms with E-state index in [1.165, 1.54) is 6.33 Å². The third kappa shape index (κ3) is 4.14. The lowest BCUT2D eigenvalue weighted by atomic mass is 9.92. The van der Waals surface area contributed by atoms with E-state index in [-0.39, 0.29) is 0 Å². The van der Waals surface area contributed by atoms with Crippen molar-refractivity contribution in [3.8, 4) is 0 Å². The van der Waals surface area contributed by atoms with Gasteiger partial charge in [-0.1, -0.05) is 34.6 Å². The van der Waals surface area contributed by atoms with Crippen LogP contribution in [0.15, 0.2) is 6.33 Å². The van der Waals surface area contributed by atoms with Crippen LogP contribution in [0, 0.1) is 5.41 Å². The average Bonchev–Trinajstić information content (AvgIpc) is 2.26. The Morgan fingerprint density at radius 3 is 2.33 bits per heavy atom. The van der Waals surface area contributed by atoms with E-state index in [9.17, 15) is 0 Å². The monoisotopic (exact) mass is 251 g/mol. The van der Waals surface area contributed by atoms with Crippen molar-refractivity contribution >= 4 is 11.6 Å². The number of nitrogens with zero attached hydrogens (tertiary/aromatic N) is 2. The van der Waals surface area contributed by atoms with Crippen molar-refractivity contribution in [3.05, 3.63) is 11.9 Å². The molecule has 0 aromatic carbocycles. The number of aromatic nitrogens is 2. The quantitative estimate of drug-likeness (QED) is 0.554. The van der Waals surface area contributed by atoms with Gasteiger partial charge in [0.05, 0.1) is 0 Å². The Balaban J connectivity index is 2.82. The normalized spacial score (nSPS) is 11.7. The summed E-state index contributed by atoms with van der Waals surface area (Å²) in [4.78, 5) is 8.46. The highest BCUT2D eigenvalue weighted by molar-refractivity contribution is 5.58. The fourth-order valence-electron chi connectivity index (χ4n) is 1.75. The summed E-state index contributed by atoms with van der Waals surface area (Å²) >= 11 is 0. The molecule has 0 aliphatic rings. The second-order valence-corrected chi connectivity index (χ2v) is 6.02. The second-order valence-electron chi connectivity index (χ2n) is 6.02. The molecule has 0 radical (unpaired) electrons. The zero-order valence-electron chi connectivity index (χ0n) is 12.0. The Morgan fingerprint density at radius 1 is 1.22 bits per heavy atom. The highest BCUT2D eigenvalue weighted by atomic mass is 15.3. The van der Waals surface area contributed by atoms with Gasteiger partial charge in [0.2, 0.25) is 0 Å². The van der Waals surface area contributed by atoms with Crippen molar-refractivity contribution in [2.24, 2.45) is 11.3 Å². The molecule has 1 heterocycles. The molecule has 0 unspecified atom stereocenters. The second kappa shape index (κ2) is 6.00. The van der Waals surface area contributed by atoms with Gasteiger partial charge in [-0.15, -0.1) is 0 Å². The molecule has 5 nitrogen and oxygen atoms in total. The van der Waals surface area contributed by atoms with E-state index in [0.717, 1.165) is 24.3 Å². The number of nitrogens with two attached hydrogens (primary N) is 1. The van der Waals surface area contributed by atoms with Crippen molar-refractivity contribution in [2.45, 2.75) is 47.0 Å². The van der Waals surface area contributed by atoms with E-state index in [0.29, 0.717) is 17.2 Å². The number of rotatable bonds is 5. The highest BCUT2D eigenvalue weighted by Gasteiger charge is 2.15. The molecule has 4 N–H and O–H groups in total. The Hall–Kier alpha value is -1.36. The average molecular weight is 251 g/mol. The lowest BCUT2D eigenvalue weighted by Crippen LogP contribution is -2.17. The van der Waals surface area contributed by atoms with Gasteiger partial charge in [-0.3, -0.25) is 0 Å². The molecule has 0 spiro atoms. The number of hydrogen-bond acceptors (Lipinski definition) is 5. The molecule has 1 aromatic heterocycles. The van der Waals surface area contributed by atoms with Crippen LogP contribution in [0.5, 0.6) is 0 Å². The van der Waals surface area contributed by atoms with Gasteiger partial charge >= 0.3 is 0 Å². The van der Waals surface area contributed by atoms with Crippen LogP contribution in [0.25, 0.3) is 0 Å². The standard InChI is InChI=1S/C13H25N5/c1-9(2)10-11(15-7-6-13(3,4)5)16-8-17-12(10)18-14/h8-9H,6-7,14H2,1-5H3,(H2,15,16,17,18). The Labute approximate surface area is 110 Å². The summed E-state index contributed by atoms with van der Waals surface area (Å²) < 4.78 is 0. The predicted octanol–water partition coefficient (Wildman–Crippen LogP) is 2.73. The van der Waals surface area contributed by atoms with Gasteiger partial charge < -0.3 is 10.7 Å². The van der Waals surface area contributed by atoms with Crippen molar-refractivity contribution in [2.75, 3.05) is 17.3 Å². The van der Waals surface area contributed by atoms with Crippen molar-refractivity contribution in [3.63, 3.8) is 0 Å². The molecule has 0 saturated carbocycles. The summed E-state index contributed by atoms with van der Waals surface area (Å²) in [5.41, 5.74) is 3.98. The minimum absolute atomic E-state index is 0.312. The molecular weight excluding hydrogens is 226 g/mol. The van der Waals surface area contributed by atoms with Crippen molar-refractivity contribution in [1.29, 1.82) is 0 Å². The zero-order chi connectivity index (χ0) is 13.8. The first-order valence-electron chi connectivity index (χ1n) is 6.40.